The highest BCUT2D eigenvalue weighted by atomic mass is 31.2. The molecule has 0 radical (unpaired) electrons. The van der Waals surface area contributed by atoms with Crippen LogP contribution in [0.2, 0.25) is 0 Å². The van der Waals surface area contributed by atoms with Gasteiger partial charge in [0, 0.05) is 23.0 Å². The molecule has 0 saturated heterocycles. The second-order valence-electron chi connectivity index (χ2n) is 7.16. The van der Waals surface area contributed by atoms with E-state index in [9.17, 15) is 0 Å². The Kier molecular flexibility index (Phi) is 7.56. The lowest BCUT2D eigenvalue weighted by atomic mass is 10.4. The summed E-state index contributed by atoms with van der Waals surface area (Å²) < 4.78 is 0. The van der Waals surface area contributed by atoms with Gasteiger partial charge in [0.2, 0.25) is 0 Å². The van der Waals surface area contributed by atoms with Crippen LogP contribution in [0.4, 0.5) is 0 Å². The van der Waals surface area contributed by atoms with Gasteiger partial charge in [-0.1, -0.05) is 48.5 Å². The Balaban J connectivity index is 1.65. The van der Waals surface area contributed by atoms with Crippen LogP contribution in [-0.4, -0.2) is 37.4 Å². The number of hydrogen-bond donors (Lipinski definition) is 0. The predicted octanol–water partition coefficient (Wildman–Crippen LogP) is 3.42. The number of rotatable bonds is 9. The predicted molar refractivity (Wildman–Crippen MR) is 151 cm³/mol. The summed E-state index contributed by atoms with van der Waals surface area (Å²) in [6.07, 6.45) is 9.10. The van der Waals surface area contributed by atoms with Gasteiger partial charge in [-0.05, 0) is 48.5 Å². The fourth-order valence-electron chi connectivity index (χ4n) is 3.49. The Morgan fingerprint density at radius 2 is 0.875 bits per heavy atom. The maximum atomic E-state index is 4.74. The van der Waals surface area contributed by atoms with E-state index >= 15 is 0 Å². The van der Waals surface area contributed by atoms with E-state index in [1.165, 1.54) is 36.0 Å². The van der Waals surface area contributed by atoms with Crippen molar-refractivity contribution in [1.29, 1.82) is 0 Å². The molecule has 0 aliphatic heterocycles. The summed E-state index contributed by atoms with van der Waals surface area (Å²) in [6.45, 7) is 0. The van der Waals surface area contributed by atoms with Crippen LogP contribution in [0.5, 0.6) is 0 Å². The monoisotopic (exact) mass is 456 g/mol. The molecule has 162 valence electrons. The molecule has 0 aliphatic carbocycles. The maximum Gasteiger partial charge on any atom is 0.133 e. The minimum absolute atomic E-state index is 0.158. The van der Waals surface area contributed by atoms with Gasteiger partial charge >= 0.3 is 0 Å². The van der Waals surface area contributed by atoms with Crippen molar-refractivity contribution in [3.63, 3.8) is 0 Å². The van der Waals surface area contributed by atoms with Crippen molar-refractivity contribution in [3.05, 3.63) is 121 Å². The van der Waals surface area contributed by atoms with Crippen LogP contribution in [0.25, 0.3) is 0 Å². The standard InChI is InChI=1S/C26H32B2N2P2/c27-31(25-13-3-1-4-14-25,21-23-11-7-9-17-29-23)19-20-32(28,26-15-5-2-6-16-26)22-24-12-8-10-18-30-24/h1-18H,19-22H2,27-28H3. The van der Waals surface area contributed by atoms with Crippen LogP contribution in [0, 0.1) is 0 Å². The van der Waals surface area contributed by atoms with Crippen LogP contribution in [-0.2, 0) is 12.3 Å². The highest BCUT2D eigenvalue weighted by molar-refractivity contribution is 8.05. The van der Waals surface area contributed by atoms with E-state index in [0.717, 1.165) is 0 Å². The summed E-state index contributed by atoms with van der Waals surface area (Å²) in [7, 11) is -1.95. The molecular weight excluding hydrogens is 424 g/mol. The van der Waals surface area contributed by atoms with E-state index in [4.69, 9.17) is 9.97 Å². The molecule has 0 saturated carbocycles. The van der Waals surface area contributed by atoms with Gasteiger partial charge in [-0.15, -0.1) is 14.3 Å². The molecule has 0 spiro atoms. The molecule has 0 N–H and O–H groups in total. The highest BCUT2D eigenvalue weighted by Crippen LogP contribution is 2.62. The fraction of sp³-hybridized carbons (Fsp3) is 0.154. The second-order valence-corrected chi connectivity index (χ2v) is 11.9. The number of benzene rings is 2. The topological polar surface area (TPSA) is 25.8 Å². The molecule has 4 aromatic rings. The van der Waals surface area contributed by atoms with E-state index in [-0.39, 0.29) is 15.1 Å². The Morgan fingerprint density at radius 3 is 1.22 bits per heavy atom. The Hall–Kier alpha value is -2.27. The molecule has 0 aliphatic rings. The van der Waals surface area contributed by atoms with Gasteiger partial charge in [0.25, 0.3) is 0 Å². The summed E-state index contributed by atoms with van der Waals surface area (Å²) in [5, 5.41) is 3.28. The van der Waals surface area contributed by atoms with Crippen molar-refractivity contribution >= 4 is 40.0 Å². The number of aromatic nitrogens is 2. The van der Waals surface area contributed by atoms with Crippen LogP contribution >= 0.6 is 14.3 Å². The van der Waals surface area contributed by atoms with E-state index in [2.05, 4.69) is 84.9 Å². The summed E-state index contributed by atoms with van der Waals surface area (Å²) in [5.74, 6) is 0. The summed E-state index contributed by atoms with van der Waals surface area (Å²) in [4.78, 5) is 9.48. The van der Waals surface area contributed by atoms with Crippen molar-refractivity contribution in [2.75, 3.05) is 12.3 Å². The molecule has 0 fully saturated rings. The Bertz CT molecular complexity index is 1010. The van der Waals surface area contributed by atoms with Crippen molar-refractivity contribution in [1.82, 2.24) is 9.97 Å². The van der Waals surface area contributed by atoms with Crippen molar-refractivity contribution < 1.29 is 0 Å². The van der Waals surface area contributed by atoms with E-state index in [0.29, 0.717) is 0 Å². The summed E-state index contributed by atoms with van der Waals surface area (Å²) >= 11 is 0. The van der Waals surface area contributed by atoms with Crippen molar-refractivity contribution in [3.8, 4) is 0 Å². The van der Waals surface area contributed by atoms with E-state index in [1.54, 1.807) is 10.6 Å². The van der Waals surface area contributed by atoms with Gasteiger partial charge in [-0.2, -0.15) is 0 Å². The first-order chi connectivity index (χ1) is 15.6. The molecule has 2 aromatic carbocycles. The Morgan fingerprint density at radius 1 is 0.500 bits per heavy atom. The van der Waals surface area contributed by atoms with Crippen LogP contribution in [0.1, 0.15) is 11.4 Å². The second kappa shape index (κ2) is 10.6. The molecule has 2 atom stereocenters. The molecule has 0 bridgehead atoms. The quantitative estimate of drug-likeness (QED) is 0.285. The zero-order chi connectivity index (χ0) is 22.3. The highest BCUT2D eigenvalue weighted by Gasteiger charge is 2.35. The molecule has 6 heteroatoms. The molecule has 32 heavy (non-hydrogen) atoms. The van der Waals surface area contributed by atoms with Crippen LogP contribution in [0.15, 0.2) is 109 Å². The number of pyridine rings is 2. The molecule has 2 heterocycles. The maximum absolute atomic E-state index is 4.74. The van der Waals surface area contributed by atoms with E-state index < -0.39 is 14.3 Å². The normalized spacial score (nSPS) is 14.9. The average molecular weight is 456 g/mol. The third-order valence-electron chi connectivity index (χ3n) is 5.04. The molecule has 2 unspecified atom stereocenters. The van der Waals surface area contributed by atoms with E-state index in [1.807, 2.05) is 24.5 Å². The summed E-state index contributed by atoms with van der Waals surface area (Å²) in [5.41, 5.74) is 2.58. The smallest absolute Gasteiger partial charge is 0.133 e. The van der Waals surface area contributed by atoms with Crippen molar-refractivity contribution in [2.45, 2.75) is 12.3 Å². The first-order valence-corrected chi connectivity index (χ1v) is 13.7. The number of nitrogens with zero attached hydrogens (tertiary/aromatic N) is 2. The molecule has 2 nitrogen and oxygen atoms in total. The van der Waals surface area contributed by atoms with Gasteiger partial charge in [0.1, 0.15) is 15.1 Å². The van der Waals surface area contributed by atoms with Gasteiger partial charge in [0.05, 0.1) is 36.0 Å². The third kappa shape index (κ3) is 5.74. The van der Waals surface area contributed by atoms with Crippen LogP contribution < -0.4 is 10.6 Å². The molecule has 2 aromatic heterocycles. The van der Waals surface area contributed by atoms with Gasteiger partial charge in [-0.3, -0.25) is 9.97 Å². The van der Waals surface area contributed by atoms with Gasteiger partial charge in [0.15, 0.2) is 0 Å². The van der Waals surface area contributed by atoms with Gasteiger partial charge < -0.3 is 0 Å². The SMILES string of the molecule is [BH3-][P+](CC[P+]([BH3-])(Cc1ccccn1)c1ccccc1)(Cc1ccccn1)c1ccccc1. The minimum atomic E-state index is -1.13. The average Bonchev–Trinajstić information content (AvgIpc) is 2.85. The zero-order valence-electron chi connectivity index (χ0n) is 17.0. The number of hydrogen-bond acceptors (Lipinski definition) is 2. The molecule has 0 amide bonds. The largest absolute Gasteiger partial charge is 0.258 e. The van der Waals surface area contributed by atoms with Crippen molar-refractivity contribution in [2.24, 2.45) is 0 Å². The lowest BCUT2D eigenvalue weighted by Gasteiger charge is -2.35. The summed E-state index contributed by atoms with van der Waals surface area (Å²) in [6, 6.07) is 35.8. The first-order valence-electron chi connectivity index (χ1n) is 10.3. The molecular formula is C26H32B2N2P2. The minimum Gasteiger partial charge on any atom is -0.258 e. The molecule has 4 rings (SSSR count). The van der Waals surface area contributed by atoms with Gasteiger partial charge in [-0.25, -0.2) is 0 Å². The van der Waals surface area contributed by atoms with Crippen LogP contribution in [0.3, 0.4) is 0 Å². The fourth-order valence-corrected chi connectivity index (χ4v) is 8.97. The zero-order valence-corrected chi connectivity index (χ0v) is 18.8. The Labute approximate surface area is 195 Å². The first kappa shape index (κ1) is 22.9. The lowest BCUT2D eigenvalue weighted by Crippen LogP contribution is -2.24. The lowest BCUT2D eigenvalue weighted by molar-refractivity contribution is 1.15. The third-order valence-corrected chi connectivity index (χ3v) is 10.4.